The van der Waals surface area contributed by atoms with Crippen molar-refractivity contribution in [1.82, 2.24) is 14.4 Å². The Balaban J connectivity index is 2.31. The molecular formula is C19H23FN4O4S. The van der Waals surface area contributed by atoms with Crippen LogP contribution >= 0.6 is 0 Å². The lowest BCUT2D eigenvalue weighted by molar-refractivity contribution is 0.198. The molecule has 3 aromatic heterocycles. The zero-order valence-corrected chi connectivity index (χ0v) is 17.4. The van der Waals surface area contributed by atoms with Gasteiger partial charge >= 0.3 is 0 Å². The van der Waals surface area contributed by atoms with E-state index in [2.05, 4.69) is 9.97 Å². The van der Waals surface area contributed by atoms with Gasteiger partial charge in [0.25, 0.3) is 0 Å². The van der Waals surface area contributed by atoms with Crippen LogP contribution in [-0.2, 0) is 9.84 Å². The monoisotopic (exact) mass is 422 g/mol. The fourth-order valence-corrected chi connectivity index (χ4v) is 4.13. The van der Waals surface area contributed by atoms with E-state index in [4.69, 9.17) is 15.6 Å². The first-order valence-electron chi connectivity index (χ1n) is 8.89. The summed E-state index contributed by atoms with van der Waals surface area (Å²) in [6, 6.07) is 2.73. The lowest BCUT2D eigenvalue weighted by Crippen LogP contribution is -2.28. The van der Waals surface area contributed by atoms with Crippen molar-refractivity contribution >= 4 is 21.3 Å². The molecule has 3 aromatic rings. The van der Waals surface area contributed by atoms with Crippen molar-refractivity contribution in [2.24, 2.45) is 0 Å². The normalized spacial score (nSPS) is 12.5. The van der Waals surface area contributed by atoms with E-state index in [1.165, 1.54) is 24.5 Å². The second-order valence-electron chi connectivity index (χ2n) is 7.55. The second kappa shape index (κ2) is 7.27. The Morgan fingerprint density at radius 3 is 2.62 bits per heavy atom. The number of aliphatic hydroxyl groups excluding tert-OH is 1. The van der Waals surface area contributed by atoms with Gasteiger partial charge in [0.15, 0.2) is 21.5 Å². The summed E-state index contributed by atoms with van der Waals surface area (Å²) in [5.41, 5.74) is 7.30. The van der Waals surface area contributed by atoms with Gasteiger partial charge < -0.3 is 15.6 Å². The van der Waals surface area contributed by atoms with Crippen molar-refractivity contribution < 1.29 is 22.7 Å². The highest BCUT2D eigenvalue weighted by atomic mass is 32.2. The van der Waals surface area contributed by atoms with Crippen LogP contribution in [0.25, 0.3) is 16.9 Å². The SMILES string of the molecule is Cc1nc(N)c(F)cc1-c1cnc2cc(OCCO)c(S(=O)(=O)C(C)(C)C)cn12. The molecule has 0 atom stereocenters. The minimum atomic E-state index is -3.80. The summed E-state index contributed by atoms with van der Waals surface area (Å²) in [5.74, 6) is -0.793. The number of sulfone groups is 1. The summed E-state index contributed by atoms with van der Waals surface area (Å²) in [6.45, 7) is 6.09. The summed E-state index contributed by atoms with van der Waals surface area (Å²) >= 11 is 0. The molecule has 0 radical (unpaired) electrons. The molecule has 0 aromatic carbocycles. The Kier molecular flexibility index (Phi) is 5.26. The van der Waals surface area contributed by atoms with Crippen molar-refractivity contribution in [2.75, 3.05) is 18.9 Å². The maximum absolute atomic E-state index is 14.0. The van der Waals surface area contributed by atoms with Crippen LogP contribution in [0.4, 0.5) is 10.2 Å². The Bertz CT molecular complexity index is 1180. The molecule has 0 unspecified atom stereocenters. The summed E-state index contributed by atoms with van der Waals surface area (Å²) in [7, 11) is -3.80. The summed E-state index contributed by atoms with van der Waals surface area (Å²) in [4.78, 5) is 8.23. The highest BCUT2D eigenvalue weighted by Gasteiger charge is 2.34. The Hall–Kier alpha value is -2.72. The third-order valence-electron chi connectivity index (χ3n) is 4.49. The number of pyridine rings is 2. The van der Waals surface area contributed by atoms with E-state index in [0.717, 1.165) is 0 Å². The van der Waals surface area contributed by atoms with Gasteiger partial charge in [-0.05, 0) is 33.8 Å². The lowest BCUT2D eigenvalue weighted by Gasteiger charge is -2.22. The molecule has 3 rings (SSSR count). The molecule has 0 fully saturated rings. The highest BCUT2D eigenvalue weighted by molar-refractivity contribution is 7.92. The number of nitrogens with two attached hydrogens (primary N) is 1. The predicted octanol–water partition coefficient (Wildman–Crippen LogP) is 2.37. The highest BCUT2D eigenvalue weighted by Crippen LogP contribution is 2.35. The van der Waals surface area contributed by atoms with Crippen molar-refractivity contribution in [1.29, 1.82) is 0 Å². The maximum atomic E-state index is 14.0. The zero-order chi connectivity index (χ0) is 21.6. The lowest BCUT2D eigenvalue weighted by atomic mass is 10.1. The molecule has 0 aliphatic heterocycles. The van der Waals surface area contributed by atoms with Crippen molar-refractivity contribution in [3.05, 3.63) is 36.0 Å². The van der Waals surface area contributed by atoms with Gasteiger partial charge in [-0.1, -0.05) is 0 Å². The number of fused-ring (bicyclic) bond motifs is 1. The first kappa shape index (κ1) is 21.0. The number of aromatic nitrogens is 3. The fraction of sp³-hybridized carbons (Fsp3) is 0.368. The van der Waals surface area contributed by atoms with E-state index in [0.29, 0.717) is 22.6 Å². The molecule has 3 heterocycles. The number of ether oxygens (including phenoxy) is 1. The molecule has 8 nitrogen and oxygen atoms in total. The van der Waals surface area contributed by atoms with Crippen LogP contribution in [0.5, 0.6) is 5.75 Å². The van der Waals surface area contributed by atoms with Gasteiger partial charge in [0.1, 0.15) is 22.9 Å². The standard InChI is InChI=1S/C19H23FN4O4S/c1-11-12(7-13(20)18(21)23-11)14-9-22-17-8-15(28-6-5-25)16(10-24(14)17)29(26,27)19(2,3)4/h7-10,25H,5-6H2,1-4H3,(H2,21,23). The van der Waals surface area contributed by atoms with E-state index >= 15 is 0 Å². The second-order valence-corrected chi connectivity index (χ2v) is 10.2. The molecule has 29 heavy (non-hydrogen) atoms. The Morgan fingerprint density at radius 1 is 1.31 bits per heavy atom. The van der Waals surface area contributed by atoms with E-state index in [-0.39, 0.29) is 29.7 Å². The van der Waals surface area contributed by atoms with Gasteiger partial charge in [-0.2, -0.15) is 0 Å². The summed E-state index contributed by atoms with van der Waals surface area (Å²) in [5, 5.41) is 9.08. The van der Waals surface area contributed by atoms with Crippen molar-refractivity contribution in [3.63, 3.8) is 0 Å². The van der Waals surface area contributed by atoms with Crippen molar-refractivity contribution in [3.8, 4) is 17.0 Å². The molecule has 0 amide bonds. The van der Waals surface area contributed by atoms with Crippen LogP contribution in [0.15, 0.2) is 29.4 Å². The van der Waals surface area contributed by atoms with E-state index < -0.39 is 20.4 Å². The number of rotatable bonds is 5. The fourth-order valence-electron chi connectivity index (χ4n) is 2.84. The number of anilines is 1. The van der Waals surface area contributed by atoms with Gasteiger partial charge in [0.05, 0.1) is 23.2 Å². The number of halogens is 1. The molecule has 10 heteroatoms. The Morgan fingerprint density at radius 2 is 2.00 bits per heavy atom. The van der Waals surface area contributed by atoms with Crippen LogP contribution in [0.1, 0.15) is 26.5 Å². The van der Waals surface area contributed by atoms with Crippen LogP contribution < -0.4 is 10.5 Å². The third kappa shape index (κ3) is 3.65. The topological polar surface area (TPSA) is 120 Å². The number of imidazole rings is 1. The molecule has 156 valence electrons. The van der Waals surface area contributed by atoms with Gasteiger partial charge in [-0.3, -0.25) is 4.40 Å². The molecule has 0 saturated heterocycles. The number of hydrogen-bond donors (Lipinski definition) is 2. The Labute approximate surface area is 168 Å². The smallest absolute Gasteiger partial charge is 0.188 e. The number of nitrogen functional groups attached to an aromatic ring is 1. The molecule has 0 aliphatic carbocycles. The van der Waals surface area contributed by atoms with Crippen LogP contribution in [0, 0.1) is 12.7 Å². The minimum absolute atomic E-state index is 0.0493. The molecule has 0 spiro atoms. The summed E-state index contributed by atoms with van der Waals surface area (Å²) < 4.78 is 46.3. The minimum Gasteiger partial charge on any atom is -0.490 e. The third-order valence-corrected chi connectivity index (χ3v) is 6.99. The number of aryl methyl sites for hydroxylation is 1. The number of aliphatic hydroxyl groups is 1. The van der Waals surface area contributed by atoms with Crippen molar-refractivity contribution in [2.45, 2.75) is 37.3 Å². The van der Waals surface area contributed by atoms with Gasteiger partial charge in [-0.15, -0.1) is 0 Å². The van der Waals surface area contributed by atoms with Gasteiger partial charge in [-0.25, -0.2) is 22.8 Å². The van der Waals surface area contributed by atoms with E-state index in [9.17, 15) is 12.8 Å². The van der Waals surface area contributed by atoms with Gasteiger partial charge in [0.2, 0.25) is 0 Å². The molecule has 0 bridgehead atoms. The average molecular weight is 422 g/mol. The maximum Gasteiger partial charge on any atom is 0.188 e. The molecule has 3 N–H and O–H groups in total. The first-order chi connectivity index (χ1) is 13.5. The largest absolute Gasteiger partial charge is 0.490 e. The molecule has 0 aliphatic rings. The van der Waals surface area contributed by atoms with E-state index in [1.54, 1.807) is 32.1 Å². The number of hydrogen-bond acceptors (Lipinski definition) is 7. The van der Waals surface area contributed by atoms with Crippen LogP contribution in [0.2, 0.25) is 0 Å². The van der Waals surface area contributed by atoms with Gasteiger partial charge in [0, 0.05) is 23.5 Å². The summed E-state index contributed by atoms with van der Waals surface area (Å²) in [6.07, 6.45) is 2.90. The van der Waals surface area contributed by atoms with Crippen LogP contribution in [0.3, 0.4) is 0 Å². The molecule has 0 saturated carbocycles. The quantitative estimate of drug-likeness (QED) is 0.648. The number of nitrogens with zero attached hydrogens (tertiary/aromatic N) is 3. The van der Waals surface area contributed by atoms with E-state index in [1.807, 2.05) is 0 Å². The van der Waals surface area contributed by atoms with Crippen LogP contribution in [-0.4, -0.2) is 45.9 Å². The predicted molar refractivity (Wildman–Crippen MR) is 107 cm³/mol. The zero-order valence-electron chi connectivity index (χ0n) is 16.6. The molecular weight excluding hydrogens is 399 g/mol. The first-order valence-corrected chi connectivity index (χ1v) is 10.4. The average Bonchev–Trinajstić information content (AvgIpc) is 3.03.